The van der Waals surface area contributed by atoms with Crippen molar-refractivity contribution in [3.05, 3.63) is 64.8 Å². The van der Waals surface area contributed by atoms with Gasteiger partial charge in [0.25, 0.3) is 0 Å². The normalized spacial score (nSPS) is 11.4. The second-order valence-electron chi connectivity index (χ2n) is 4.69. The van der Waals surface area contributed by atoms with Gasteiger partial charge in [0.05, 0.1) is 16.8 Å². The highest BCUT2D eigenvalue weighted by molar-refractivity contribution is 7.18. The number of benzene rings is 2. The largest absolute Gasteiger partial charge is 0.341 e. The Morgan fingerprint density at radius 2 is 1.95 bits per heavy atom. The molecule has 0 aliphatic heterocycles. The molecule has 4 aromatic rings. The van der Waals surface area contributed by atoms with Gasteiger partial charge in [-0.3, -0.25) is 0 Å². The van der Waals surface area contributed by atoms with E-state index in [-0.39, 0.29) is 0 Å². The van der Waals surface area contributed by atoms with Crippen molar-refractivity contribution in [2.24, 2.45) is 0 Å². The number of halogens is 1. The summed E-state index contributed by atoms with van der Waals surface area (Å²) in [4.78, 5) is 4.68. The molecule has 4 heteroatoms. The van der Waals surface area contributed by atoms with E-state index >= 15 is 0 Å². The highest BCUT2D eigenvalue weighted by Crippen LogP contribution is 2.27. The monoisotopic (exact) mass is 298 g/mol. The minimum absolute atomic E-state index is 0.781. The smallest absolute Gasteiger partial charge is 0.114 e. The number of para-hydroxylation sites is 1. The van der Waals surface area contributed by atoms with Gasteiger partial charge in [0.15, 0.2) is 0 Å². The Morgan fingerprint density at radius 1 is 1.05 bits per heavy atom. The van der Waals surface area contributed by atoms with Gasteiger partial charge in [-0.25, -0.2) is 4.98 Å². The molecule has 2 nitrogen and oxygen atoms in total. The van der Waals surface area contributed by atoms with Gasteiger partial charge >= 0.3 is 0 Å². The van der Waals surface area contributed by atoms with E-state index in [1.54, 1.807) is 11.3 Å². The van der Waals surface area contributed by atoms with Crippen molar-refractivity contribution in [1.82, 2.24) is 9.55 Å². The van der Waals surface area contributed by atoms with Crippen LogP contribution in [0.3, 0.4) is 0 Å². The van der Waals surface area contributed by atoms with E-state index in [1.165, 1.54) is 4.70 Å². The van der Waals surface area contributed by atoms with E-state index in [1.807, 2.05) is 18.2 Å². The zero-order valence-electron chi connectivity index (χ0n) is 10.6. The van der Waals surface area contributed by atoms with Crippen LogP contribution in [-0.4, -0.2) is 9.55 Å². The van der Waals surface area contributed by atoms with Crippen molar-refractivity contribution in [2.75, 3.05) is 0 Å². The van der Waals surface area contributed by atoms with Gasteiger partial charge in [0, 0.05) is 22.1 Å². The Morgan fingerprint density at radius 3 is 2.85 bits per heavy atom. The SMILES string of the molecule is Clc1cccc2c1ccn2Cc1nc2ccccc2s1. The molecule has 0 amide bonds. The van der Waals surface area contributed by atoms with Crippen LogP contribution >= 0.6 is 22.9 Å². The summed E-state index contributed by atoms with van der Waals surface area (Å²) in [5.41, 5.74) is 2.22. The fraction of sp³-hybridized carbons (Fsp3) is 0.0625. The number of nitrogens with zero attached hydrogens (tertiary/aromatic N) is 2. The zero-order chi connectivity index (χ0) is 13.5. The van der Waals surface area contributed by atoms with Crippen LogP contribution in [0.5, 0.6) is 0 Å². The number of fused-ring (bicyclic) bond motifs is 2. The number of thiazole rings is 1. The highest BCUT2D eigenvalue weighted by atomic mass is 35.5. The minimum Gasteiger partial charge on any atom is -0.341 e. The molecule has 20 heavy (non-hydrogen) atoms. The first-order valence-electron chi connectivity index (χ1n) is 6.39. The molecule has 0 aliphatic rings. The molecule has 0 bridgehead atoms. The lowest BCUT2D eigenvalue weighted by atomic mass is 10.2. The maximum Gasteiger partial charge on any atom is 0.114 e. The Bertz CT molecular complexity index is 874. The van der Waals surface area contributed by atoms with Crippen LogP contribution in [0.1, 0.15) is 5.01 Å². The zero-order valence-corrected chi connectivity index (χ0v) is 12.2. The molecular weight excluding hydrogens is 288 g/mol. The first kappa shape index (κ1) is 11.9. The quantitative estimate of drug-likeness (QED) is 0.512. The van der Waals surface area contributed by atoms with Crippen molar-refractivity contribution >= 4 is 44.1 Å². The third kappa shape index (κ3) is 1.90. The van der Waals surface area contributed by atoms with Crippen molar-refractivity contribution in [1.29, 1.82) is 0 Å². The standard InChI is InChI=1S/C16H11ClN2S/c17-12-4-3-6-14-11(12)8-9-19(14)10-16-18-13-5-1-2-7-15(13)20-16/h1-9H,10H2. The van der Waals surface area contributed by atoms with Crippen LogP contribution < -0.4 is 0 Å². The Labute approximate surface area is 125 Å². The molecule has 0 N–H and O–H groups in total. The summed E-state index contributed by atoms with van der Waals surface area (Å²) in [5, 5.41) is 3.00. The Kier molecular flexibility index (Phi) is 2.76. The molecule has 2 heterocycles. The van der Waals surface area contributed by atoms with Crippen LogP contribution in [0.15, 0.2) is 54.7 Å². The second-order valence-corrected chi connectivity index (χ2v) is 6.21. The maximum atomic E-state index is 6.21. The van der Waals surface area contributed by atoms with Gasteiger partial charge < -0.3 is 4.57 Å². The van der Waals surface area contributed by atoms with Crippen molar-refractivity contribution < 1.29 is 0 Å². The summed E-state index contributed by atoms with van der Waals surface area (Å²) in [7, 11) is 0. The molecule has 0 atom stereocenters. The fourth-order valence-electron chi connectivity index (χ4n) is 2.46. The number of hydrogen-bond donors (Lipinski definition) is 0. The molecule has 0 radical (unpaired) electrons. The number of hydrogen-bond acceptors (Lipinski definition) is 2. The average molecular weight is 299 g/mol. The maximum absolute atomic E-state index is 6.21. The van der Waals surface area contributed by atoms with E-state index in [0.29, 0.717) is 0 Å². The molecule has 0 saturated heterocycles. The van der Waals surface area contributed by atoms with Crippen LogP contribution in [0.4, 0.5) is 0 Å². The van der Waals surface area contributed by atoms with Crippen molar-refractivity contribution in [2.45, 2.75) is 6.54 Å². The van der Waals surface area contributed by atoms with Gasteiger partial charge in [0.1, 0.15) is 5.01 Å². The van der Waals surface area contributed by atoms with Crippen LogP contribution in [0.25, 0.3) is 21.1 Å². The number of rotatable bonds is 2. The Hall–Kier alpha value is -1.84. The molecule has 0 aliphatic carbocycles. The van der Waals surface area contributed by atoms with Crippen LogP contribution in [-0.2, 0) is 6.54 Å². The lowest BCUT2D eigenvalue weighted by Crippen LogP contribution is -1.96. The lowest BCUT2D eigenvalue weighted by molar-refractivity contribution is 0.831. The van der Waals surface area contributed by atoms with Crippen molar-refractivity contribution in [3.63, 3.8) is 0 Å². The van der Waals surface area contributed by atoms with Gasteiger partial charge in [-0.15, -0.1) is 11.3 Å². The molecule has 0 unspecified atom stereocenters. The van der Waals surface area contributed by atoms with Gasteiger partial charge in [-0.2, -0.15) is 0 Å². The summed E-state index contributed by atoms with van der Waals surface area (Å²) in [5.74, 6) is 0. The molecule has 2 aromatic heterocycles. The summed E-state index contributed by atoms with van der Waals surface area (Å²) >= 11 is 7.95. The third-order valence-electron chi connectivity index (χ3n) is 3.40. The Balaban J connectivity index is 1.78. The molecule has 0 saturated carbocycles. The molecule has 0 spiro atoms. The molecular formula is C16H11ClN2S. The van der Waals surface area contributed by atoms with E-state index in [2.05, 4.69) is 46.1 Å². The molecule has 2 aromatic carbocycles. The van der Waals surface area contributed by atoms with Crippen molar-refractivity contribution in [3.8, 4) is 0 Å². The number of aromatic nitrogens is 2. The molecule has 0 fully saturated rings. The minimum atomic E-state index is 0.781. The van der Waals surface area contributed by atoms with Gasteiger partial charge in [-0.1, -0.05) is 29.8 Å². The summed E-state index contributed by atoms with van der Waals surface area (Å²) in [6.07, 6.45) is 2.07. The summed E-state index contributed by atoms with van der Waals surface area (Å²) in [6.45, 7) is 0.781. The van der Waals surface area contributed by atoms with Gasteiger partial charge in [-0.05, 0) is 30.3 Å². The molecule has 98 valence electrons. The van der Waals surface area contributed by atoms with E-state index in [0.717, 1.165) is 33.0 Å². The van der Waals surface area contributed by atoms with E-state index < -0.39 is 0 Å². The fourth-order valence-corrected chi connectivity index (χ4v) is 3.66. The molecule has 4 rings (SSSR count). The van der Waals surface area contributed by atoms with Crippen LogP contribution in [0.2, 0.25) is 5.02 Å². The first-order chi connectivity index (χ1) is 9.81. The lowest BCUT2D eigenvalue weighted by Gasteiger charge is -2.02. The van der Waals surface area contributed by atoms with E-state index in [9.17, 15) is 0 Å². The first-order valence-corrected chi connectivity index (χ1v) is 7.58. The highest BCUT2D eigenvalue weighted by Gasteiger charge is 2.07. The second kappa shape index (κ2) is 4.62. The van der Waals surface area contributed by atoms with E-state index in [4.69, 9.17) is 11.6 Å². The third-order valence-corrected chi connectivity index (χ3v) is 4.75. The summed E-state index contributed by atoms with van der Waals surface area (Å²) < 4.78 is 3.43. The predicted octanol–water partition coefficient (Wildman–Crippen LogP) is 4.95. The topological polar surface area (TPSA) is 17.8 Å². The van der Waals surface area contributed by atoms with Crippen LogP contribution in [0, 0.1) is 0 Å². The predicted molar refractivity (Wildman–Crippen MR) is 85.7 cm³/mol. The average Bonchev–Trinajstić information content (AvgIpc) is 3.04. The summed E-state index contributed by atoms with van der Waals surface area (Å²) in [6, 6.07) is 16.3. The van der Waals surface area contributed by atoms with Gasteiger partial charge in [0.2, 0.25) is 0 Å².